The van der Waals surface area contributed by atoms with Crippen LogP contribution in [0.15, 0.2) is 77.3 Å². The van der Waals surface area contributed by atoms with Crippen molar-refractivity contribution in [3.8, 4) is 5.75 Å². The highest BCUT2D eigenvalue weighted by Crippen LogP contribution is 2.56. The van der Waals surface area contributed by atoms with Crippen LogP contribution in [-0.4, -0.2) is 23.5 Å². The molecule has 0 unspecified atom stereocenters. The van der Waals surface area contributed by atoms with E-state index in [-0.39, 0.29) is 12.3 Å². The Hall–Kier alpha value is -3.43. The Labute approximate surface area is 198 Å². The van der Waals surface area contributed by atoms with Gasteiger partial charge in [0.25, 0.3) is 11.5 Å². The Balaban J connectivity index is 1.76. The second kappa shape index (κ2) is 8.17. The van der Waals surface area contributed by atoms with Gasteiger partial charge in [0.15, 0.2) is 6.23 Å². The van der Waals surface area contributed by atoms with Gasteiger partial charge >= 0.3 is 5.97 Å². The number of nitro benzene ring substituents is 1. The number of non-ortho nitro benzene ring substituents is 1. The third-order valence-corrected chi connectivity index (χ3v) is 6.25. The number of ether oxygens (including phenoxy) is 3. The first-order chi connectivity index (χ1) is 15.9. The molecule has 0 radical (unpaired) electrons. The molecule has 3 atom stereocenters. The zero-order valence-electron chi connectivity index (χ0n) is 17.5. The molecule has 0 N–H and O–H groups in total. The second-order valence-corrected chi connectivity index (χ2v) is 8.54. The van der Waals surface area contributed by atoms with Crippen LogP contribution < -0.4 is 9.64 Å². The summed E-state index contributed by atoms with van der Waals surface area (Å²) in [5, 5.41) is 11.5. The van der Waals surface area contributed by atoms with Crippen LogP contribution in [0.3, 0.4) is 0 Å². The summed E-state index contributed by atoms with van der Waals surface area (Å²) in [5.41, 5.74) is 1.69. The summed E-state index contributed by atoms with van der Waals surface area (Å²) in [6.45, 7) is 1.88. The van der Waals surface area contributed by atoms with Gasteiger partial charge in [0.05, 0.1) is 11.5 Å². The number of esters is 1. The standard InChI is InChI=1S/C24H19BrN2O6/c1-2-31-23(28)21-24(15-6-5-7-18(14-15)27(29)30)32-20-9-4-3-8-19(20)22(33-24)26(21)17-12-10-16(25)11-13-17/h3-14,21-22H,2H2,1H3/t21-,22+,24+/m1/s1. The van der Waals surface area contributed by atoms with Crippen molar-refractivity contribution in [2.24, 2.45) is 0 Å². The monoisotopic (exact) mass is 510 g/mol. The molecule has 0 aliphatic carbocycles. The van der Waals surface area contributed by atoms with Crippen molar-refractivity contribution in [2.45, 2.75) is 25.0 Å². The molecule has 9 heteroatoms. The van der Waals surface area contributed by atoms with Gasteiger partial charge in [0.2, 0.25) is 6.04 Å². The van der Waals surface area contributed by atoms with Gasteiger partial charge < -0.3 is 19.1 Å². The summed E-state index contributed by atoms with van der Waals surface area (Å²) in [6, 6.07) is 19.7. The number of para-hydroxylation sites is 1. The van der Waals surface area contributed by atoms with E-state index in [1.54, 1.807) is 25.1 Å². The van der Waals surface area contributed by atoms with Crippen LogP contribution in [0.2, 0.25) is 0 Å². The number of fused-ring (bicyclic) bond motifs is 4. The SMILES string of the molecule is CCOC(=O)[C@H]1N(c2ccc(Br)cc2)[C@H]2O[C@]1(c1cccc([N+](=O)[O-])c1)Oc1ccccc12. The minimum Gasteiger partial charge on any atom is -0.464 e. The molecule has 3 aromatic rings. The van der Waals surface area contributed by atoms with Crippen molar-refractivity contribution in [2.75, 3.05) is 11.5 Å². The van der Waals surface area contributed by atoms with Crippen LogP contribution in [0, 0.1) is 10.1 Å². The first-order valence-corrected chi connectivity index (χ1v) is 11.1. The lowest BCUT2D eigenvalue weighted by atomic mass is 9.96. The van der Waals surface area contributed by atoms with Crippen molar-refractivity contribution in [3.63, 3.8) is 0 Å². The zero-order valence-corrected chi connectivity index (χ0v) is 19.1. The number of hydrogen-bond acceptors (Lipinski definition) is 7. The molecular weight excluding hydrogens is 492 g/mol. The molecular formula is C24H19BrN2O6. The molecule has 0 aromatic heterocycles. The van der Waals surface area contributed by atoms with Gasteiger partial charge in [0, 0.05) is 33.4 Å². The molecule has 0 amide bonds. The molecule has 0 spiro atoms. The number of hydrogen-bond donors (Lipinski definition) is 0. The Morgan fingerprint density at radius 1 is 1.15 bits per heavy atom. The predicted octanol–water partition coefficient (Wildman–Crippen LogP) is 5.07. The van der Waals surface area contributed by atoms with E-state index in [2.05, 4.69) is 15.9 Å². The highest BCUT2D eigenvalue weighted by molar-refractivity contribution is 9.10. The molecule has 3 aromatic carbocycles. The second-order valence-electron chi connectivity index (χ2n) is 7.62. The molecule has 33 heavy (non-hydrogen) atoms. The van der Waals surface area contributed by atoms with Crippen LogP contribution in [0.1, 0.15) is 24.3 Å². The van der Waals surface area contributed by atoms with Gasteiger partial charge in [-0.15, -0.1) is 0 Å². The lowest BCUT2D eigenvalue weighted by molar-refractivity contribution is -0.385. The largest absolute Gasteiger partial charge is 0.464 e. The molecule has 2 aliphatic rings. The number of carbonyl (C=O) groups is 1. The van der Waals surface area contributed by atoms with Crippen molar-refractivity contribution in [1.29, 1.82) is 0 Å². The first-order valence-electron chi connectivity index (χ1n) is 10.4. The molecule has 1 saturated heterocycles. The van der Waals surface area contributed by atoms with Crippen LogP contribution in [0.4, 0.5) is 11.4 Å². The predicted molar refractivity (Wildman–Crippen MR) is 123 cm³/mol. The third-order valence-electron chi connectivity index (χ3n) is 5.72. The van der Waals surface area contributed by atoms with E-state index in [4.69, 9.17) is 14.2 Å². The quantitative estimate of drug-likeness (QED) is 0.268. The average Bonchev–Trinajstić information content (AvgIpc) is 3.10. The van der Waals surface area contributed by atoms with E-state index in [1.807, 2.05) is 47.4 Å². The van der Waals surface area contributed by atoms with E-state index in [0.29, 0.717) is 17.0 Å². The first kappa shape index (κ1) is 21.4. The van der Waals surface area contributed by atoms with Crippen molar-refractivity contribution in [3.05, 3.63) is 98.5 Å². The van der Waals surface area contributed by atoms with E-state index < -0.39 is 28.9 Å². The number of carbonyl (C=O) groups excluding carboxylic acids is 1. The number of benzene rings is 3. The summed E-state index contributed by atoms with van der Waals surface area (Å²) in [7, 11) is 0. The van der Waals surface area contributed by atoms with Crippen LogP contribution in [0.25, 0.3) is 0 Å². The average molecular weight is 511 g/mol. The van der Waals surface area contributed by atoms with E-state index in [9.17, 15) is 14.9 Å². The van der Waals surface area contributed by atoms with Crippen LogP contribution in [-0.2, 0) is 20.1 Å². The Morgan fingerprint density at radius 3 is 2.64 bits per heavy atom. The Bertz CT molecular complexity index is 1230. The van der Waals surface area contributed by atoms with Gasteiger partial charge in [-0.2, -0.15) is 0 Å². The maximum absolute atomic E-state index is 13.4. The number of anilines is 1. The topological polar surface area (TPSA) is 91.1 Å². The normalized spacial score (nSPS) is 22.9. The summed E-state index contributed by atoms with van der Waals surface area (Å²) < 4.78 is 19.2. The van der Waals surface area contributed by atoms with Gasteiger partial charge in [-0.3, -0.25) is 10.1 Å². The van der Waals surface area contributed by atoms with Crippen LogP contribution in [0.5, 0.6) is 5.75 Å². The molecule has 168 valence electrons. The fourth-order valence-electron chi connectivity index (χ4n) is 4.35. The van der Waals surface area contributed by atoms with Gasteiger partial charge in [0.1, 0.15) is 5.75 Å². The highest BCUT2D eigenvalue weighted by Gasteiger charge is 2.64. The minimum absolute atomic E-state index is 0.130. The van der Waals surface area contributed by atoms with E-state index >= 15 is 0 Å². The van der Waals surface area contributed by atoms with Gasteiger partial charge in [-0.1, -0.05) is 46.3 Å². The molecule has 8 nitrogen and oxygen atoms in total. The molecule has 0 saturated carbocycles. The summed E-state index contributed by atoms with van der Waals surface area (Å²) in [4.78, 5) is 26.2. The molecule has 1 fully saturated rings. The van der Waals surface area contributed by atoms with Crippen molar-refractivity contribution >= 4 is 33.3 Å². The number of rotatable bonds is 5. The van der Waals surface area contributed by atoms with E-state index in [1.165, 1.54) is 12.1 Å². The number of nitrogens with zero attached hydrogens (tertiary/aromatic N) is 2. The Kier molecular flexibility index (Phi) is 5.30. The van der Waals surface area contributed by atoms with E-state index in [0.717, 1.165) is 10.0 Å². The van der Waals surface area contributed by atoms with Gasteiger partial charge in [-0.25, -0.2) is 4.79 Å². The molecule has 2 bridgehead atoms. The van der Waals surface area contributed by atoms with Gasteiger partial charge in [-0.05, 0) is 37.3 Å². The maximum atomic E-state index is 13.4. The fourth-order valence-corrected chi connectivity index (χ4v) is 4.61. The highest BCUT2D eigenvalue weighted by atomic mass is 79.9. The van der Waals surface area contributed by atoms with Crippen molar-refractivity contribution < 1.29 is 23.9 Å². The van der Waals surface area contributed by atoms with Crippen molar-refractivity contribution in [1.82, 2.24) is 0 Å². The molecule has 5 rings (SSSR count). The lowest BCUT2D eigenvalue weighted by Gasteiger charge is -2.36. The lowest BCUT2D eigenvalue weighted by Crippen LogP contribution is -2.52. The fraction of sp³-hybridized carbons (Fsp3) is 0.208. The number of halogens is 1. The maximum Gasteiger partial charge on any atom is 0.336 e. The minimum atomic E-state index is -1.65. The molecule has 2 heterocycles. The smallest absolute Gasteiger partial charge is 0.336 e. The Morgan fingerprint density at radius 2 is 1.91 bits per heavy atom. The summed E-state index contributed by atoms with van der Waals surface area (Å²) in [6.07, 6.45) is -0.676. The van der Waals surface area contributed by atoms with Crippen LogP contribution >= 0.6 is 15.9 Å². The third kappa shape index (κ3) is 3.44. The summed E-state index contributed by atoms with van der Waals surface area (Å²) >= 11 is 3.44. The summed E-state index contributed by atoms with van der Waals surface area (Å²) in [5.74, 6) is -1.67. The molecule has 2 aliphatic heterocycles. The number of nitro groups is 1. The zero-order chi connectivity index (χ0) is 23.2.